The average molecular weight is 287 g/mol. The Bertz CT molecular complexity index is 611. The van der Waals surface area contributed by atoms with Crippen molar-refractivity contribution in [2.45, 2.75) is 13.5 Å². The van der Waals surface area contributed by atoms with Crippen LogP contribution in [0.15, 0.2) is 36.4 Å². The van der Waals surface area contributed by atoms with Crippen molar-refractivity contribution in [3.63, 3.8) is 0 Å². The molecule has 0 heterocycles. The minimum atomic E-state index is 0.716. The lowest BCUT2D eigenvalue weighted by Crippen LogP contribution is -2.02. The Balaban J connectivity index is 2.10. The third-order valence-corrected chi connectivity index (χ3v) is 3.35. The fourth-order valence-electron chi connectivity index (χ4n) is 2.19. The van der Waals surface area contributed by atoms with Crippen molar-refractivity contribution >= 4 is 5.69 Å². The molecule has 0 unspecified atom stereocenters. The number of benzene rings is 2. The van der Waals surface area contributed by atoms with Gasteiger partial charge in [-0.1, -0.05) is 12.1 Å². The minimum absolute atomic E-state index is 0.716. The van der Waals surface area contributed by atoms with Crippen molar-refractivity contribution in [1.82, 2.24) is 0 Å². The third-order valence-electron chi connectivity index (χ3n) is 3.35. The van der Waals surface area contributed by atoms with Crippen LogP contribution in [-0.2, 0) is 6.54 Å². The molecule has 0 spiro atoms. The Morgan fingerprint density at radius 1 is 0.857 bits per heavy atom. The maximum Gasteiger partial charge on any atom is 0.145 e. The molecule has 112 valence electrons. The molecule has 2 rings (SSSR count). The summed E-state index contributed by atoms with van der Waals surface area (Å²) in [4.78, 5) is 0. The van der Waals surface area contributed by atoms with Crippen LogP contribution in [-0.4, -0.2) is 21.3 Å². The number of hydrogen-bond acceptors (Lipinski definition) is 4. The van der Waals surface area contributed by atoms with Crippen LogP contribution < -0.4 is 19.5 Å². The zero-order valence-corrected chi connectivity index (χ0v) is 12.9. The molecule has 0 saturated heterocycles. The number of rotatable bonds is 6. The largest absolute Gasteiger partial charge is 0.497 e. The molecular weight excluding hydrogens is 266 g/mol. The minimum Gasteiger partial charge on any atom is -0.497 e. The smallest absolute Gasteiger partial charge is 0.145 e. The summed E-state index contributed by atoms with van der Waals surface area (Å²) in [6.45, 7) is 2.75. The topological polar surface area (TPSA) is 39.7 Å². The Labute approximate surface area is 125 Å². The molecule has 0 aromatic heterocycles. The van der Waals surface area contributed by atoms with Gasteiger partial charge < -0.3 is 19.5 Å². The Hall–Kier alpha value is -2.36. The standard InChI is InChI=1S/C17H21NO3/c1-12-9-13(5-8-16(12)20-3)11-18-15-7-6-14(19-2)10-17(15)21-4/h5-10,18H,11H2,1-4H3. The second kappa shape index (κ2) is 6.88. The fraction of sp³-hybridized carbons (Fsp3) is 0.294. The van der Waals surface area contributed by atoms with Crippen molar-refractivity contribution in [3.05, 3.63) is 47.5 Å². The summed E-state index contributed by atoms with van der Waals surface area (Å²) < 4.78 is 15.8. The van der Waals surface area contributed by atoms with E-state index in [1.165, 1.54) is 5.56 Å². The van der Waals surface area contributed by atoms with Gasteiger partial charge in [0.05, 0.1) is 27.0 Å². The van der Waals surface area contributed by atoms with Gasteiger partial charge in [0, 0.05) is 12.6 Å². The average Bonchev–Trinajstić information content (AvgIpc) is 2.52. The lowest BCUT2D eigenvalue weighted by Gasteiger charge is -2.13. The number of nitrogens with one attached hydrogen (secondary N) is 1. The summed E-state index contributed by atoms with van der Waals surface area (Å²) in [7, 11) is 4.97. The van der Waals surface area contributed by atoms with E-state index in [-0.39, 0.29) is 0 Å². The van der Waals surface area contributed by atoms with Crippen LogP contribution >= 0.6 is 0 Å². The van der Waals surface area contributed by atoms with E-state index in [0.717, 1.165) is 28.5 Å². The van der Waals surface area contributed by atoms with Gasteiger partial charge in [-0.3, -0.25) is 0 Å². The van der Waals surface area contributed by atoms with Crippen LogP contribution in [0.25, 0.3) is 0 Å². The van der Waals surface area contributed by atoms with E-state index in [2.05, 4.69) is 17.4 Å². The maximum atomic E-state index is 5.37. The van der Waals surface area contributed by atoms with E-state index >= 15 is 0 Å². The summed E-state index contributed by atoms with van der Waals surface area (Å²) >= 11 is 0. The first-order valence-corrected chi connectivity index (χ1v) is 6.77. The Morgan fingerprint density at radius 2 is 1.62 bits per heavy atom. The van der Waals surface area contributed by atoms with Crippen LogP contribution in [0.3, 0.4) is 0 Å². The summed E-state index contributed by atoms with van der Waals surface area (Å²) in [6.07, 6.45) is 0. The molecule has 0 atom stereocenters. The highest BCUT2D eigenvalue weighted by atomic mass is 16.5. The summed E-state index contributed by atoms with van der Waals surface area (Å²) in [5.74, 6) is 2.44. The monoisotopic (exact) mass is 287 g/mol. The van der Waals surface area contributed by atoms with E-state index in [0.29, 0.717) is 6.54 Å². The zero-order valence-electron chi connectivity index (χ0n) is 12.9. The SMILES string of the molecule is COc1ccc(NCc2ccc(OC)c(C)c2)c(OC)c1. The van der Waals surface area contributed by atoms with Crippen LogP contribution in [0.2, 0.25) is 0 Å². The lowest BCUT2D eigenvalue weighted by atomic mass is 10.1. The highest BCUT2D eigenvalue weighted by Gasteiger charge is 2.05. The van der Waals surface area contributed by atoms with Crippen LogP contribution in [0, 0.1) is 6.92 Å². The number of methoxy groups -OCH3 is 3. The summed E-state index contributed by atoms with van der Waals surface area (Å²) in [5.41, 5.74) is 3.25. The van der Waals surface area contributed by atoms with Gasteiger partial charge in [0.15, 0.2) is 0 Å². The highest BCUT2D eigenvalue weighted by molar-refractivity contribution is 5.59. The van der Waals surface area contributed by atoms with Gasteiger partial charge in [-0.2, -0.15) is 0 Å². The molecule has 0 aliphatic carbocycles. The van der Waals surface area contributed by atoms with Crippen molar-refractivity contribution in [2.75, 3.05) is 26.6 Å². The van der Waals surface area contributed by atoms with Crippen LogP contribution in [0.1, 0.15) is 11.1 Å². The van der Waals surface area contributed by atoms with Crippen molar-refractivity contribution < 1.29 is 14.2 Å². The molecule has 4 nitrogen and oxygen atoms in total. The van der Waals surface area contributed by atoms with Gasteiger partial charge in [0.2, 0.25) is 0 Å². The van der Waals surface area contributed by atoms with Crippen LogP contribution in [0.5, 0.6) is 17.2 Å². The summed E-state index contributed by atoms with van der Waals surface area (Å²) in [5, 5.41) is 3.38. The molecule has 0 aliphatic heterocycles. The first-order chi connectivity index (χ1) is 10.2. The second-order valence-electron chi connectivity index (χ2n) is 4.72. The number of anilines is 1. The van der Waals surface area contributed by atoms with Gasteiger partial charge >= 0.3 is 0 Å². The predicted molar refractivity (Wildman–Crippen MR) is 84.6 cm³/mol. The normalized spacial score (nSPS) is 10.1. The molecule has 1 N–H and O–H groups in total. The van der Waals surface area contributed by atoms with Crippen molar-refractivity contribution in [1.29, 1.82) is 0 Å². The van der Waals surface area contributed by atoms with E-state index in [4.69, 9.17) is 14.2 Å². The highest BCUT2D eigenvalue weighted by Crippen LogP contribution is 2.29. The quantitative estimate of drug-likeness (QED) is 0.880. The predicted octanol–water partition coefficient (Wildman–Crippen LogP) is 3.63. The van der Waals surface area contributed by atoms with Gasteiger partial charge in [-0.15, -0.1) is 0 Å². The molecule has 21 heavy (non-hydrogen) atoms. The zero-order chi connectivity index (χ0) is 15.2. The molecule has 2 aromatic rings. The Morgan fingerprint density at radius 3 is 2.24 bits per heavy atom. The molecule has 0 saturated carbocycles. The van der Waals surface area contributed by atoms with E-state index < -0.39 is 0 Å². The molecule has 4 heteroatoms. The van der Waals surface area contributed by atoms with Crippen LogP contribution in [0.4, 0.5) is 5.69 Å². The third kappa shape index (κ3) is 3.60. The van der Waals surface area contributed by atoms with E-state index in [9.17, 15) is 0 Å². The Kier molecular flexibility index (Phi) is 4.93. The molecule has 0 radical (unpaired) electrons. The summed E-state index contributed by atoms with van der Waals surface area (Å²) in [6, 6.07) is 11.9. The maximum absolute atomic E-state index is 5.37. The van der Waals surface area contributed by atoms with E-state index in [1.54, 1.807) is 21.3 Å². The van der Waals surface area contributed by atoms with Crippen molar-refractivity contribution in [3.8, 4) is 17.2 Å². The first-order valence-electron chi connectivity index (χ1n) is 6.77. The molecule has 0 fully saturated rings. The number of aryl methyl sites for hydroxylation is 1. The van der Waals surface area contributed by atoms with Gasteiger partial charge in [-0.25, -0.2) is 0 Å². The molecule has 0 bridgehead atoms. The van der Waals surface area contributed by atoms with E-state index in [1.807, 2.05) is 31.2 Å². The first kappa shape index (κ1) is 15.0. The second-order valence-corrected chi connectivity index (χ2v) is 4.72. The molecule has 2 aromatic carbocycles. The van der Waals surface area contributed by atoms with Crippen molar-refractivity contribution in [2.24, 2.45) is 0 Å². The lowest BCUT2D eigenvalue weighted by molar-refractivity contribution is 0.395. The van der Waals surface area contributed by atoms with Gasteiger partial charge in [-0.05, 0) is 36.2 Å². The molecular formula is C17H21NO3. The van der Waals surface area contributed by atoms with Gasteiger partial charge in [0.25, 0.3) is 0 Å². The van der Waals surface area contributed by atoms with Gasteiger partial charge in [0.1, 0.15) is 17.2 Å². The molecule has 0 amide bonds. The number of hydrogen-bond donors (Lipinski definition) is 1. The fourth-order valence-corrected chi connectivity index (χ4v) is 2.19. The number of ether oxygens (including phenoxy) is 3. The molecule has 0 aliphatic rings.